The van der Waals surface area contributed by atoms with Crippen LogP contribution in [0.2, 0.25) is 0 Å². The summed E-state index contributed by atoms with van der Waals surface area (Å²) in [5.74, 6) is -0.830. The van der Waals surface area contributed by atoms with Crippen LogP contribution in [0.1, 0.15) is 42.5 Å². The molecule has 0 saturated carbocycles. The van der Waals surface area contributed by atoms with E-state index in [2.05, 4.69) is 4.98 Å². The predicted octanol–water partition coefficient (Wildman–Crippen LogP) is 2.19. The number of rotatable bonds is 4. The molecule has 1 N–H and O–H groups in total. The molecule has 3 rings (SSSR count). The van der Waals surface area contributed by atoms with Crippen LogP contribution in [0.4, 0.5) is 0 Å². The molecule has 1 unspecified atom stereocenters. The number of carbonyl (C=O) groups excluding carboxylic acids is 1. The Morgan fingerprint density at radius 1 is 1.32 bits per heavy atom. The van der Waals surface area contributed by atoms with Gasteiger partial charge in [-0.3, -0.25) is 9.59 Å². The Morgan fingerprint density at radius 3 is 3.00 bits per heavy atom. The fourth-order valence-electron chi connectivity index (χ4n) is 3.07. The molecule has 6 nitrogen and oxygen atoms in total. The summed E-state index contributed by atoms with van der Waals surface area (Å²) in [6.07, 6.45) is 8.82. The van der Waals surface area contributed by atoms with Gasteiger partial charge in [0.15, 0.2) is 0 Å². The third-order valence-corrected chi connectivity index (χ3v) is 4.22. The molecule has 0 radical (unpaired) electrons. The number of hydrogen-bond donors (Lipinski definition) is 1. The quantitative estimate of drug-likeness (QED) is 0.939. The van der Waals surface area contributed by atoms with E-state index in [1.165, 1.54) is 0 Å². The largest absolute Gasteiger partial charge is 0.481 e. The Kier molecular flexibility index (Phi) is 4.09. The van der Waals surface area contributed by atoms with E-state index < -0.39 is 5.97 Å². The molecule has 0 spiro atoms. The van der Waals surface area contributed by atoms with E-state index in [0.717, 1.165) is 24.9 Å². The third-order valence-electron chi connectivity index (χ3n) is 4.22. The molecule has 1 aliphatic heterocycles. The number of carboxylic acids is 1. The number of aromatic nitrogens is 2. The van der Waals surface area contributed by atoms with Crippen molar-refractivity contribution < 1.29 is 14.7 Å². The third kappa shape index (κ3) is 2.95. The molecular formula is C16H19N3O3. The standard InChI is InChI=1S/C16H19N3O3/c20-15(21)7-5-13-3-1-2-9-19(13)16(22)12-4-6-14-17-8-10-18(14)11-12/h4,6,8,10-11,13H,1-3,5,7,9H2,(H,20,21). The summed E-state index contributed by atoms with van der Waals surface area (Å²) in [5, 5.41) is 8.87. The minimum Gasteiger partial charge on any atom is -0.481 e. The average Bonchev–Trinajstić information content (AvgIpc) is 3.00. The van der Waals surface area contributed by atoms with E-state index in [1.54, 1.807) is 18.5 Å². The Labute approximate surface area is 128 Å². The van der Waals surface area contributed by atoms with Gasteiger partial charge in [0.2, 0.25) is 0 Å². The zero-order valence-corrected chi connectivity index (χ0v) is 12.3. The first-order valence-corrected chi connectivity index (χ1v) is 7.60. The maximum Gasteiger partial charge on any atom is 0.303 e. The number of carbonyl (C=O) groups is 2. The molecule has 22 heavy (non-hydrogen) atoms. The van der Waals surface area contributed by atoms with Crippen molar-refractivity contribution in [3.05, 3.63) is 36.3 Å². The second-order valence-electron chi connectivity index (χ2n) is 5.69. The maximum atomic E-state index is 12.8. The van der Waals surface area contributed by atoms with E-state index in [-0.39, 0.29) is 18.4 Å². The molecular weight excluding hydrogens is 282 g/mol. The van der Waals surface area contributed by atoms with Crippen LogP contribution in [0, 0.1) is 0 Å². The monoisotopic (exact) mass is 301 g/mol. The molecule has 1 saturated heterocycles. The lowest BCUT2D eigenvalue weighted by atomic mass is 9.97. The molecule has 1 fully saturated rings. The van der Waals surface area contributed by atoms with Crippen LogP contribution in [0.5, 0.6) is 0 Å². The molecule has 2 aromatic rings. The molecule has 0 aliphatic carbocycles. The summed E-state index contributed by atoms with van der Waals surface area (Å²) >= 11 is 0. The van der Waals surface area contributed by atoms with Gasteiger partial charge in [-0.15, -0.1) is 0 Å². The van der Waals surface area contributed by atoms with Gasteiger partial charge in [0.05, 0.1) is 5.56 Å². The zero-order valence-electron chi connectivity index (χ0n) is 12.3. The molecule has 6 heteroatoms. The number of fused-ring (bicyclic) bond motifs is 1. The number of likely N-dealkylation sites (tertiary alicyclic amines) is 1. The average molecular weight is 301 g/mol. The number of nitrogens with zero attached hydrogens (tertiary/aromatic N) is 3. The maximum absolute atomic E-state index is 12.8. The Balaban J connectivity index is 1.79. The van der Waals surface area contributed by atoms with E-state index in [0.29, 0.717) is 18.5 Å². The molecule has 3 heterocycles. The fourth-order valence-corrected chi connectivity index (χ4v) is 3.07. The number of amides is 1. The first kappa shape index (κ1) is 14.6. The Morgan fingerprint density at radius 2 is 2.18 bits per heavy atom. The normalized spacial score (nSPS) is 18.5. The highest BCUT2D eigenvalue weighted by Crippen LogP contribution is 2.23. The van der Waals surface area contributed by atoms with Gasteiger partial charge in [-0.25, -0.2) is 4.98 Å². The summed E-state index contributed by atoms with van der Waals surface area (Å²) < 4.78 is 1.82. The number of hydrogen-bond acceptors (Lipinski definition) is 3. The van der Waals surface area contributed by atoms with Gasteiger partial charge in [0.25, 0.3) is 5.91 Å². The number of imidazole rings is 1. The number of pyridine rings is 1. The van der Waals surface area contributed by atoms with Gasteiger partial charge < -0.3 is 14.4 Å². The highest BCUT2D eigenvalue weighted by molar-refractivity contribution is 5.94. The van der Waals surface area contributed by atoms with Crippen molar-refractivity contribution in [1.29, 1.82) is 0 Å². The highest BCUT2D eigenvalue weighted by Gasteiger charge is 2.27. The van der Waals surface area contributed by atoms with Crippen molar-refractivity contribution in [3.63, 3.8) is 0 Å². The van der Waals surface area contributed by atoms with E-state index >= 15 is 0 Å². The summed E-state index contributed by atoms with van der Waals surface area (Å²) in [6.45, 7) is 0.699. The van der Waals surface area contributed by atoms with Crippen LogP contribution in [0.25, 0.3) is 5.65 Å². The van der Waals surface area contributed by atoms with Crippen LogP contribution in [-0.4, -0.2) is 43.9 Å². The lowest BCUT2D eigenvalue weighted by Crippen LogP contribution is -2.44. The summed E-state index contributed by atoms with van der Waals surface area (Å²) in [4.78, 5) is 29.6. The molecule has 1 atom stereocenters. The van der Waals surface area contributed by atoms with Crippen molar-refractivity contribution >= 4 is 17.5 Å². The molecule has 1 amide bonds. The van der Waals surface area contributed by atoms with E-state index in [1.807, 2.05) is 21.6 Å². The summed E-state index contributed by atoms with van der Waals surface area (Å²) in [6, 6.07) is 3.63. The smallest absolute Gasteiger partial charge is 0.303 e. The fraction of sp³-hybridized carbons (Fsp3) is 0.438. The van der Waals surface area contributed by atoms with Crippen molar-refractivity contribution in [2.24, 2.45) is 0 Å². The van der Waals surface area contributed by atoms with Gasteiger partial charge in [-0.1, -0.05) is 0 Å². The lowest BCUT2D eigenvalue weighted by Gasteiger charge is -2.35. The highest BCUT2D eigenvalue weighted by atomic mass is 16.4. The first-order valence-electron chi connectivity index (χ1n) is 7.60. The van der Waals surface area contributed by atoms with Crippen LogP contribution >= 0.6 is 0 Å². The summed E-state index contributed by atoms with van der Waals surface area (Å²) in [7, 11) is 0. The van der Waals surface area contributed by atoms with E-state index in [9.17, 15) is 9.59 Å². The van der Waals surface area contributed by atoms with Crippen molar-refractivity contribution in [3.8, 4) is 0 Å². The second kappa shape index (κ2) is 6.17. The topological polar surface area (TPSA) is 74.9 Å². The Hall–Kier alpha value is -2.37. The number of aliphatic carboxylic acids is 1. The molecule has 1 aliphatic rings. The van der Waals surface area contributed by atoms with Crippen LogP contribution in [0.15, 0.2) is 30.7 Å². The number of piperidine rings is 1. The lowest BCUT2D eigenvalue weighted by molar-refractivity contribution is -0.137. The van der Waals surface area contributed by atoms with Crippen LogP contribution in [-0.2, 0) is 4.79 Å². The minimum absolute atomic E-state index is 0.0225. The minimum atomic E-state index is -0.808. The SMILES string of the molecule is O=C(O)CCC1CCCCN1C(=O)c1ccc2nccn2c1. The van der Waals surface area contributed by atoms with Gasteiger partial charge in [-0.2, -0.15) is 0 Å². The van der Waals surface area contributed by atoms with Crippen molar-refractivity contribution in [2.75, 3.05) is 6.54 Å². The van der Waals surface area contributed by atoms with Crippen LogP contribution in [0.3, 0.4) is 0 Å². The first-order chi connectivity index (χ1) is 10.6. The van der Waals surface area contributed by atoms with E-state index in [4.69, 9.17) is 5.11 Å². The number of carboxylic acid groups (broad SMARTS) is 1. The van der Waals surface area contributed by atoms with Gasteiger partial charge in [0, 0.05) is 37.6 Å². The molecule has 2 aromatic heterocycles. The van der Waals surface area contributed by atoms with Crippen LogP contribution < -0.4 is 0 Å². The Bertz CT molecular complexity index is 695. The second-order valence-corrected chi connectivity index (χ2v) is 5.69. The molecule has 0 bridgehead atoms. The van der Waals surface area contributed by atoms with Crippen molar-refractivity contribution in [1.82, 2.24) is 14.3 Å². The van der Waals surface area contributed by atoms with Gasteiger partial charge in [-0.05, 0) is 37.8 Å². The molecule has 0 aromatic carbocycles. The van der Waals surface area contributed by atoms with Crippen molar-refractivity contribution in [2.45, 2.75) is 38.1 Å². The van der Waals surface area contributed by atoms with Gasteiger partial charge >= 0.3 is 5.97 Å². The zero-order chi connectivity index (χ0) is 15.5. The summed E-state index contributed by atoms with van der Waals surface area (Å²) in [5.41, 5.74) is 1.42. The molecule has 116 valence electrons. The predicted molar refractivity (Wildman–Crippen MR) is 80.7 cm³/mol. The van der Waals surface area contributed by atoms with Gasteiger partial charge in [0.1, 0.15) is 5.65 Å².